The molecule has 0 aromatic carbocycles. The van der Waals surface area contributed by atoms with Gasteiger partial charge in [0.05, 0.1) is 5.71 Å². The molecular formula is C12H12N4S2. The van der Waals surface area contributed by atoms with Gasteiger partial charge in [0.1, 0.15) is 0 Å². The molecule has 0 N–H and O–H groups in total. The number of fused-ring (bicyclic) bond motifs is 1. The summed E-state index contributed by atoms with van der Waals surface area (Å²) in [5.41, 5.74) is 1.00. The zero-order valence-electron chi connectivity index (χ0n) is 10.3. The van der Waals surface area contributed by atoms with Gasteiger partial charge in [0.15, 0.2) is 5.82 Å². The highest BCUT2D eigenvalue weighted by atomic mass is 32.2. The monoisotopic (exact) mass is 276 g/mol. The fourth-order valence-corrected chi connectivity index (χ4v) is 3.49. The predicted octanol–water partition coefficient (Wildman–Crippen LogP) is 3.33. The van der Waals surface area contributed by atoms with Crippen molar-refractivity contribution in [1.29, 1.82) is 0 Å². The molecular weight excluding hydrogens is 264 g/mol. The van der Waals surface area contributed by atoms with Crippen LogP contribution >= 0.6 is 23.1 Å². The molecule has 2 aromatic heterocycles. The zero-order valence-corrected chi connectivity index (χ0v) is 12.0. The molecule has 2 aromatic rings. The van der Waals surface area contributed by atoms with Gasteiger partial charge in [-0.15, -0.1) is 21.5 Å². The molecule has 0 unspecified atom stereocenters. The number of nitrogens with zero attached hydrogens (tertiary/aromatic N) is 4. The van der Waals surface area contributed by atoms with Crippen LogP contribution in [0.2, 0.25) is 0 Å². The molecule has 0 aliphatic carbocycles. The summed E-state index contributed by atoms with van der Waals surface area (Å²) >= 11 is 3.40. The van der Waals surface area contributed by atoms with Gasteiger partial charge in [-0.25, -0.2) is 0 Å². The number of aromatic nitrogens is 3. The lowest BCUT2D eigenvalue weighted by molar-refractivity contribution is 0.737. The van der Waals surface area contributed by atoms with Gasteiger partial charge in [0.25, 0.3) is 0 Å². The van der Waals surface area contributed by atoms with Gasteiger partial charge >= 0.3 is 0 Å². The van der Waals surface area contributed by atoms with E-state index in [4.69, 9.17) is 0 Å². The van der Waals surface area contributed by atoms with E-state index in [0.29, 0.717) is 0 Å². The molecule has 6 heteroatoms. The van der Waals surface area contributed by atoms with E-state index in [0.717, 1.165) is 21.6 Å². The van der Waals surface area contributed by atoms with Crippen molar-refractivity contribution in [3.05, 3.63) is 32.6 Å². The molecule has 18 heavy (non-hydrogen) atoms. The standard InChI is InChI=1S/C12H12N4S2/c1-7-4-5-10(17-7)6-11-8(2)15-16-9(3)13-14-12(16)18-11/h4-6H,1-3H3/b11-6-. The van der Waals surface area contributed by atoms with Gasteiger partial charge in [-0.3, -0.25) is 0 Å². The summed E-state index contributed by atoms with van der Waals surface area (Å²) in [6.07, 6.45) is 2.16. The van der Waals surface area contributed by atoms with Gasteiger partial charge in [0, 0.05) is 14.7 Å². The van der Waals surface area contributed by atoms with Crippen LogP contribution in [0.1, 0.15) is 22.5 Å². The molecule has 0 atom stereocenters. The second-order valence-corrected chi connectivity index (χ2v) is 6.41. The Morgan fingerprint density at radius 3 is 2.72 bits per heavy atom. The van der Waals surface area contributed by atoms with Gasteiger partial charge in [-0.1, -0.05) is 0 Å². The Morgan fingerprint density at radius 1 is 1.17 bits per heavy atom. The average Bonchev–Trinajstić information content (AvgIpc) is 2.88. The second kappa shape index (κ2) is 4.37. The first kappa shape index (κ1) is 11.7. The number of aryl methyl sites for hydroxylation is 2. The van der Waals surface area contributed by atoms with E-state index in [1.165, 1.54) is 9.75 Å². The molecule has 0 spiro atoms. The van der Waals surface area contributed by atoms with Crippen molar-refractivity contribution in [2.75, 3.05) is 0 Å². The molecule has 1 aliphatic rings. The van der Waals surface area contributed by atoms with E-state index in [-0.39, 0.29) is 0 Å². The van der Waals surface area contributed by atoms with Gasteiger partial charge in [-0.2, -0.15) is 9.78 Å². The quantitative estimate of drug-likeness (QED) is 0.802. The maximum Gasteiger partial charge on any atom is 0.216 e. The van der Waals surface area contributed by atoms with E-state index in [1.807, 2.05) is 13.8 Å². The van der Waals surface area contributed by atoms with Crippen LogP contribution in [-0.2, 0) is 0 Å². The highest BCUT2D eigenvalue weighted by molar-refractivity contribution is 8.04. The molecule has 0 saturated carbocycles. The minimum Gasteiger partial charge on any atom is -0.191 e. The minimum absolute atomic E-state index is 0.822. The number of rotatable bonds is 1. The average molecular weight is 276 g/mol. The van der Waals surface area contributed by atoms with E-state index < -0.39 is 0 Å². The molecule has 0 saturated heterocycles. The summed E-state index contributed by atoms with van der Waals surface area (Å²) in [6, 6.07) is 4.26. The number of thioether (sulfide) groups is 1. The van der Waals surface area contributed by atoms with Gasteiger partial charge < -0.3 is 0 Å². The molecule has 4 nitrogen and oxygen atoms in total. The Kier molecular flexibility index (Phi) is 2.83. The van der Waals surface area contributed by atoms with Crippen molar-refractivity contribution in [2.24, 2.45) is 5.10 Å². The summed E-state index contributed by atoms with van der Waals surface area (Å²) in [4.78, 5) is 3.70. The Morgan fingerprint density at radius 2 is 2.00 bits per heavy atom. The normalized spacial score (nSPS) is 16.8. The zero-order chi connectivity index (χ0) is 12.7. The Hall–Kier alpha value is -1.40. The minimum atomic E-state index is 0.822. The van der Waals surface area contributed by atoms with Crippen molar-refractivity contribution in [3.63, 3.8) is 0 Å². The summed E-state index contributed by atoms with van der Waals surface area (Å²) < 4.78 is 1.79. The van der Waals surface area contributed by atoms with Crippen LogP contribution in [0.5, 0.6) is 0 Å². The number of hydrogen-bond acceptors (Lipinski definition) is 5. The van der Waals surface area contributed by atoms with Crippen molar-refractivity contribution in [2.45, 2.75) is 25.9 Å². The Bertz CT molecular complexity index is 663. The van der Waals surface area contributed by atoms with Crippen LogP contribution in [-0.4, -0.2) is 20.6 Å². The van der Waals surface area contributed by atoms with E-state index in [1.54, 1.807) is 27.8 Å². The summed E-state index contributed by atoms with van der Waals surface area (Å²) in [6.45, 7) is 6.04. The Balaban J connectivity index is 2.00. The fraction of sp³-hybridized carbons (Fsp3) is 0.250. The highest BCUT2D eigenvalue weighted by Crippen LogP contribution is 2.33. The lowest BCUT2D eigenvalue weighted by atomic mass is 10.3. The highest BCUT2D eigenvalue weighted by Gasteiger charge is 2.19. The van der Waals surface area contributed by atoms with Gasteiger partial charge in [-0.05, 0) is 50.7 Å². The third-order valence-electron chi connectivity index (χ3n) is 2.61. The largest absolute Gasteiger partial charge is 0.216 e. The third kappa shape index (κ3) is 2.02. The number of hydrogen-bond donors (Lipinski definition) is 0. The van der Waals surface area contributed by atoms with Crippen molar-refractivity contribution < 1.29 is 0 Å². The van der Waals surface area contributed by atoms with Crippen LogP contribution in [0.4, 0.5) is 0 Å². The Labute approximate surface area is 113 Å². The number of thiophene rings is 1. The first-order valence-corrected chi connectivity index (χ1v) is 7.21. The van der Waals surface area contributed by atoms with E-state index >= 15 is 0 Å². The van der Waals surface area contributed by atoms with E-state index in [2.05, 4.69) is 40.4 Å². The van der Waals surface area contributed by atoms with Crippen LogP contribution in [0.15, 0.2) is 27.3 Å². The van der Waals surface area contributed by atoms with Gasteiger partial charge in [0.2, 0.25) is 5.16 Å². The molecule has 0 fully saturated rings. The third-order valence-corrected chi connectivity index (χ3v) is 4.63. The second-order valence-electron chi connectivity index (χ2n) is 4.09. The molecule has 0 amide bonds. The molecule has 0 bridgehead atoms. The van der Waals surface area contributed by atoms with Crippen LogP contribution in [0, 0.1) is 13.8 Å². The smallest absolute Gasteiger partial charge is 0.191 e. The van der Waals surface area contributed by atoms with Crippen LogP contribution in [0.3, 0.4) is 0 Å². The molecule has 3 heterocycles. The number of allylic oxidation sites excluding steroid dienone is 1. The molecule has 0 radical (unpaired) electrons. The van der Waals surface area contributed by atoms with Crippen molar-refractivity contribution >= 4 is 34.9 Å². The maximum absolute atomic E-state index is 4.51. The fourth-order valence-electron chi connectivity index (χ4n) is 1.68. The first-order valence-electron chi connectivity index (χ1n) is 5.57. The van der Waals surface area contributed by atoms with E-state index in [9.17, 15) is 0 Å². The predicted molar refractivity (Wildman–Crippen MR) is 76.2 cm³/mol. The lowest BCUT2D eigenvalue weighted by Gasteiger charge is -2.12. The first-order chi connectivity index (χ1) is 8.63. The van der Waals surface area contributed by atoms with Crippen LogP contribution < -0.4 is 0 Å². The lowest BCUT2D eigenvalue weighted by Crippen LogP contribution is -2.07. The summed E-state index contributed by atoms with van der Waals surface area (Å²) in [5, 5.41) is 13.5. The van der Waals surface area contributed by atoms with Crippen LogP contribution in [0.25, 0.3) is 6.08 Å². The topological polar surface area (TPSA) is 43.1 Å². The SMILES string of the molecule is CC1=Nn2c(C)nnc2S/C1=C\c1ccc(C)s1. The van der Waals surface area contributed by atoms with Crippen molar-refractivity contribution in [1.82, 2.24) is 14.9 Å². The maximum atomic E-state index is 4.51. The summed E-state index contributed by atoms with van der Waals surface area (Å²) in [7, 11) is 0. The molecule has 92 valence electrons. The molecule has 1 aliphatic heterocycles. The summed E-state index contributed by atoms with van der Waals surface area (Å²) in [5.74, 6) is 0.822. The van der Waals surface area contributed by atoms with Crippen molar-refractivity contribution in [3.8, 4) is 0 Å². The molecule has 3 rings (SSSR count).